The summed E-state index contributed by atoms with van der Waals surface area (Å²) in [5.74, 6) is 0.714. The van der Waals surface area contributed by atoms with Gasteiger partial charge < -0.3 is 15.0 Å². The fraction of sp³-hybridized carbons (Fsp3) is 0.619. The molecule has 2 aromatic rings. The predicted octanol–water partition coefficient (Wildman–Crippen LogP) is 3.46. The first-order chi connectivity index (χ1) is 15.1. The Labute approximate surface area is 191 Å². The number of carbonyl (C=O) groups is 1. The molecule has 1 atom stereocenters. The number of ether oxygens (including phenoxy) is 1. The molecule has 1 amide bonds. The van der Waals surface area contributed by atoms with Crippen LogP contribution in [0.4, 0.5) is 10.9 Å². The molecule has 4 rings (SSSR count). The van der Waals surface area contributed by atoms with Gasteiger partial charge in [0.1, 0.15) is 11.1 Å². The Kier molecular flexibility index (Phi) is 7.15. The Hall–Kier alpha value is -2.09. The Morgan fingerprint density at radius 1 is 1.29 bits per heavy atom. The molecule has 10 heteroatoms. The monoisotopic (exact) mass is 460 g/mol. The molecule has 1 saturated heterocycles. The Bertz CT molecular complexity index is 973. The number of amides is 1. The van der Waals surface area contributed by atoms with Gasteiger partial charge in [0.05, 0.1) is 24.0 Å². The molecule has 0 bridgehead atoms. The van der Waals surface area contributed by atoms with Crippen LogP contribution in [0.3, 0.4) is 0 Å². The number of aryl methyl sites for hydroxylation is 1. The van der Waals surface area contributed by atoms with Gasteiger partial charge in [-0.2, -0.15) is 5.26 Å². The van der Waals surface area contributed by atoms with E-state index in [-0.39, 0.29) is 11.2 Å². The third-order valence-corrected chi connectivity index (χ3v) is 8.02. The number of nitrogens with zero attached hydrogens (tertiary/aromatic N) is 5. The zero-order valence-electron chi connectivity index (χ0n) is 18.0. The molecule has 1 N–H and O–H groups in total. The van der Waals surface area contributed by atoms with Crippen molar-refractivity contribution in [3.05, 3.63) is 16.0 Å². The number of hydrogen-bond acceptors (Lipinski definition) is 8. The van der Waals surface area contributed by atoms with Crippen molar-refractivity contribution in [2.45, 2.75) is 62.9 Å². The van der Waals surface area contributed by atoms with Crippen LogP contribution in [0, 0.1) is 11.3 Å². The summed E-state index contributed by atoms with van der Waals surface area (Å²) in [6.45, 7) is 7.60. The molecule has 31 heavy (non-hydrogen) atoms. The van der Waals surface area contributed by atoms with Crippen LogP contribution in [0.15, 0.2) is 5.16 Å². The molecule has 1 aliphatic carbocycles. The Morgan fingerprint density at radius 3 is 2.81 bits per heavy atom. The van der Waals surface area contributed by atoms with Crippen LogP contribution in [-0.2, 0) is 28.9 Å². The number of thiophene rings is 1. The minimum Gasteiger partial charge on any atom is -0.378 e. The molecule has 0 saturated carbocycles. The number of thioether (sulfide) groups is 1. The summed E-state index contributed by atoms with van der Waals surface area (Å²) < 4.78 is 7.48. The summed E-state index contributed by atoms with van der Waals surface area (Å²) in [4.78, 5) is 16.4. The van der Waals surface area contributed by atoms with Crippen LogP contribution in [0.2, 0.25) is 0 Å². The number of fused-ring (bicyclic) bond motifs is 1. The topological polar surface area (TPSA) is 96.1 Å². The second kappa shape index (κ2) is 10.0. The molecule has 3 heterocycles. The number of carbonyl (C=O) groups excluding carboxylic acids is 1. The molecule has 0 spiro atoms. The lowest BCUT2D eigenvalue weighted by atomic mass is 10.1. The van der Waals surface area contributed by atoms with E-state index in [4.69, 9.17) is 4.74 Å². The first-order valence-corrected chi connectivity index (χ1v) is 12.6. The average Bonchev–Trinajstić information content (AvgIpc) is 3.25. The highest BCUT2D eigenvalue weighted by molar-refractivity contribution is 8.00. The summed E-state index contributed by atoms with van der Waals surface area (Å²) in [6.07, 6.45) is 5.39. The molecular formula is C21H28N6O2S2. The fourth-order valence-electron chi connectivity index (χ4n) is 4.02. The van der Waals surface area contributed by atoms with Crippen molar-refractivity contribution in [1.29, 1.82) is 5.26 Å². The first-order valence-electron chi connectivity index (χ1n) is 10.9. The zero-order valence-corrected chi connectivity index (χ0v) is 19.7. The van der Waals surface area contributed by atoms with E-state index < -0.39 is 0 Å². The first kappa shape index (κ1) is 22.1. The normalized spacial score (nSPS) is 17.5. The minimum absolute atomic E-state index is 0.114. The number of rotatable bonds is 6. The highest BCUT2D eigenvalue weighted by Gasteiger charge is 2.26. The van der Waals surface area contributed by atoms with Gasteiger partial charge in [-0.3, -0.25) is 9.36 Å². The van der Waals surface area contributed by atoms with Crippen molar-refractivity contribution in [1.82, 2.24) is 14.8 Å². The van der Waals surface area contributed by atoms with Crippen molar-refractivity contribution < 1.29 is 9.53 Å². The highest BCUT2D eigenvalue weighted by Crippen LogP contribution is 2.37. The molecule has 8 nitrogen and oxygen atoms in total. The summed E-state index contributed by atoms with van der Waals surface area (Å²) in [6, 6.07) is 2.33. The molecule has 2 aliphatic rings. The summed E-state index contributed by atoms with van der Waals surface area (Å²) >= 11 is 2.97. The van der Waals surface area contributed by atoms with Gasteiger partial charge in [0.25, 0.3) is 0 Å². The molecule has 0 aromatic carbocycles. The van der Waals surface area contributed by atoms with E-state index in [1.807, 2.05) is 11.5 Å². The van der Waals surface area contributed by atoms with Gasteiger partial charge in [0.15, 0.2) is 5.16 Å². The second-order valence-corrected chi connectivity index (χ2v) is 10.2. The predicted molar refractivity (Wildman–Crippen MR) is 123 cm³/mol. The van der Waals surface area contributed by atoms with Crippen LogP contribution in [-0.4, -0.2) is 52.2 Å². The lowest BCUT2D eigenvalue weighted by Crippen LogP contribution is -2.38. The summed E-state index contributed by atoms with van der Waals surface area (Å²) in [5.41, 5.74) is 1.79. The van der Waals surface area contributed by atoms with E-state index in [9.17, 15) is 10.1 Å². The molecule has 2 aromatic heterocycles. The standard InChI is InChI=1S/C21H28N6O2S2/c1-3-27-20(26-9-11-29-12-10-26)24-25-21(27)30-14(2)18(28)23-19-16(13-22)15-7-5-4-6-8-17(15)31-19/h14H,3-12H2,1-2H3,(H,23,28)/t14-/m0/s1. The number of aromatic nitrogens is 3. The maximum Gasteiger partial charge on any atom is 0.238 e. The fourth-order valence-corrected chi connectivity index (χ4v) is 6.17. The summed E-state index contributed by atoms with van der Waals surface area (Å²) in [7, 11) is 0. The van der Waals surface area contributed by atoms with Crippen molar-refractivity contribution in [2.24, 2.45) is 0 Å². The van der Waals surface area contributed by atoms with Gasteiger partial charge in [-0.25, -0.2) is 0 Å². The van der Waals surface area contributed by atoms with Crippen molar-refractivity contribution in [2.75, 3.05) is 36.5 Å². The maximum absolute atomic E-state index is 13.0. The minimum atomic E-state index is -0.361. The van der Waals surface area contributed by atoms with Crippen LogP contribution in [0.5, 0.6) is 0 Å². The largest absolute Gasteiger partial charge is 0.378 e. The molecule has 1 aliphatic heterocycles. The number of morpholine rings is 1. The molecule has 0 unspecified atom stereocenters. The van der Waals surface area contributed by atoms with E-state index in [1.165, 1.54) is 23.1 Å². The van der Waals surface area contributed by atoms with Gasteiger partial charge >= 0.3 is 0 Å². The number of anilines is 2. The second-order valence-electron chi connectivity index (χ2n) is 7.76. The molecule has 166 valence electrons. The van der Waals surface area contributed by atoms with E-state index in [1.54, 1.807) is 11.3 Å². The van der Waals surface area contributed by atoms with Crippen molar-refractivity contribution in [3.63, 3.8) is 0 Å². The number of nitriles is 1. The van der Waals surface area contributed by atoms with Gasteiger partial charge in [0.2, 0.25) is 11.9 Å². The van der Waals surface area contributed by atoms with Gasteiger partial charge in [-0.05, 0) is 45.1 Å². The highest BCUT2D eigenvalue weighted by atomic mass is 32.2. The lowest BCUT2D eigenvalue weighted by molar-refractivity contribution is -0.115. The third kappa shape index (κ3) is 4.73. The van der Waals surface area contributed by atoms with Crippen LogP contribution >= 0.6 is 23.1 Å². The van der Waals surface area contributed by atoms with Crippen LogP contribution < -0.4 is 10.2 Å². The van der Waals surface area contributed by atoms with Gasteiger partial charge in [-0.1, -0.05) is 18.2 Å². The molecular weight excluding hydrogens is 432 g/mol. The smallest absolute Gasteiger partial charge is 0.238 e. The average molecular weight is 461 g/mol. The molecule has 0 radical (unpaired) electrons. The Balaban J connectivity index is 1.46. The van der Waals surface area contributed by atoms with Crippen molar-refractivity contribution >= 4 is 40.0 Å². The SMILES string of the molecule is CCn1c(S[C@@H](C)C(=O)Nc2sc3c(c2C#N)CCCCC3)nnc1N1CCOCC1. The van der Waals surface area contributed by atoms with E-state index >= 15 is 0 Å². The zero-order chi connectivity index (χ0) is 21.8. The maximum atomic E-state index is 13.0. The molecule has 1 fully saturated rings. The Morgan fingerprint density at radius 2 is 2.06 bits per heavy atom. The van der Waals surface area contributed by atoms with Gasteiger partial charge in [0, 0.05) is 24.5 Å². The third-order valence-electron chi connectivity index (χ3n) is 5.73. The number of hydrogen-bond donors (Lipinski definition) is 1. The van der Waals surface area contributed by atoms with Crippen molar-refractivity contribution in [3.8, 4) is 6.07 Å². The van der Waals surface area contributed by atoms with E-state index in [2.05, 4.69) is 33.4 Å². The van der Waals surface area contributed by atoms with Crippen LogP contribution in [0.25, 0.3) is 0 Å². The van der Waals surface area contributed by atoms with E-state index in [0.29, 0.717) is 23.8 Å². The van der Waals surface area contributed by atoms with Gasteiger partial charge in [-0.15, -0.1) is 21.5 Å². The van der Waals surface area contributed by atoms with E-state index in [0.717, 1.165) is 62.0 Å². The quantitative estimate of drug-likeness (QED) is 0.521. The number of nitrogens with one attached hydrogen (secondary N) is 1. The lowest BCUT2D eigenvalue weighted by Gasteiger charge is -2.27. The van der Waals surface area contributed by atoms with Crippen LogP contribution in [0.1, 0.15) is 49.1 Å². The summed E-state index contributed by atoms with van der Waals surface area (Å²) in [5, 5.41) is 22.5.